The molecule has 2 aromatic heterocycles. The molecule has 2 aromatic carbocycles. The van der Waals surface area contributed by atoms with Crippen LogP contribution in [0, 0.1) is 13.8 Å². The molecule has 6 nitrogen and oxygen atoms in total. The number of aromatic nitrogens is 2. The topological polar surface area (TPSA) is 77.2 Å². The van der Waals surface area contributed by atoms with E-state index >= 15 is 0 Å². The molecule has 0 aliphatic rings. The Labute approximate surface area is 193 Å². The molecule has 0 saturated heterocycles. The number of rotatable bonds is 5. The highest BCUT2D eigenvalue weighted by Crippen LogP contribution is 2.42. The normalized spacial score (nSPS) is 11.0. The number of hydrogen-bond acceptors (Lipinski definition) is 5. The number of nitrogens with one attached hydrogen (secondary N) is 1. The lowest BCUT2D eigenvalue weighted by Crippen LogP contribution is -2.20. The Bertz CT molecular complexity index is 1260. The summed E-state index contributed by atoms with van der Waals surface area (Å²) in [5, 5.41) is 3.79. The highest BCUT2D eigenvalue weighted by Gasteiger charge is 2.19. The van der Waals surface area contributed by atoms with Crippen LogP contribution in [-0.4, -0.2) is 22.5 Å². The minimum Gasteiger partial charge on any atom is -0.481 e. The zero-order valence-electron chi connectivity index (χ0n) is 16.5. The summed E-state index contributed by atoms with van der Waals surface area (Å²) in [7, 11) is 0. The number of fused-ring (bicyclic) bond motifs is 1. The second kappa shape index (κ2) is 8.75. The van der Waals surface area contributed by atoms with E-state index < -0.39 is 0 Å². The van der Waals surface area contributed by atoms with Crippen molar-refractivity contribution in [1.29, 1.82) is 0 Å². The molecule has 0 bridgehead atoms. The lowest BCUT2D eigenvalue weighted by molar-refractivity contribution is -0.118. The molecular weight excluding hydrogens is 461 g/mol. The molecule has 0 saturated carbocycles. The van der Waals surface area contributed by atoms with E-state index in [1.54, 1.807) is 56.6 Å². The molecule has 2 heterocycles. The van der Waals surface area contributed by atoms with Gasteiger partial charge in [0, 0.05) is 28.7 Å². The lowest BCUT2D eigenvalue weighted by atomic mass is 10.1. The van der Waals surface area contributed by atoms with Crippen LogP contribution in [0.5, 0.6) is 5.75 Å². The van der Waals surface area contributed by atoms with Gasteiger partial charge in [0.1, 0.15) is 5.52 Å². The van der Waals surface area contributed by atoms with Gasteiger partial charge in [0.15, 0.2) is 17.9 Å². The molecular formula is C22H16Cl3N3O3. The minimum atomic E-state index is -0.380. The second-order valence-electron chi connectivity index (χ2n) is 6.80. The Balaban J connectivity index is 1.48. The number of oxazole rings is 1. The van der Waals surface area contributed by atoms with Crippen LogP contribution in [0.1, 0.15) is 11.1 Å². The van der Waals surface area contributed by atoms with Crippen molar-refractivity contribution in [2.24, 2.45) is 0 Å². The average molecular weight is 477 g/mol. The van der Waals surface area contributed by atoms with E-state index in [1.165, 1.54) is 0 Å². The monoisotopic (exact) mass is 475 g/mol. The third-order valence-electron chi connectivity index (χ3n) is 4.66. The van der Waals surface area contributed by atoms with E-state index in [4.69, 9.17) is 44.0 Å². The highest BCUT2D eigenvalue weighted by molar-refractivity contribution is 6.42. The highest BCUT2D eigenvalue weighted by atomic mass is 35.5. The van der Waals surface area contributed by atoms with Crippen molar-refractivity contribution in [3.8, 4) is 17.2 Å². The SMILES string of the molecule is Cc1c(Cl)c(C)c(Cl)c(OCC(=O)Nc2ccc3oc(-c4ccncc4)nc3c2)c1Cl. The summed E-state index contributed by atoms with van der Waals surface area (Å²) in [6.07, 6.45) is 3.33. The lowest BCUT2D eigenvalue weighted by Gasteiger charge is -2.15. The number of nitrogens with zero attached hydrogens (tertiary/aromatic N) is 2. The number of halogens is 3. The number of ether oxygens (including phenoxy) is 1. The molecule has 1 amide bonds. The quantitative estimate of drug-likeness (QED) is 0.356. The predicted molar refractivity (Wildman–Crippen MR) is 122 cm³/mol. The van der Waals surface area contributed by atoms with Crippen LogP contribution in [0.3, 0.4) is 0 Å². The summed E-state index contributed by atoms with van der Waals surface area (Å²) in [5.74, 6) is 0.323. The van der Waals surface area contributed by atoms with Crippen LogP contribution in [0.25, 0.3) is 22.6 Å². The Morgan fingerprint density at radius 2 is 1.71 bits per heavy atom. The van der Waals surface area contributed by atoms with Gasteiger partial charge in [-0.05, 0) is 55.3 Å². The summed E-state index contributed by atoms with van der Waals surface area (Å²) < 4.78 is 11.4. The van der Waals surface area contributed by atoms with Crippen LogP contribution in [0.15, 0.2) is 47.1 Å². The molecule has 9 heteroatoms. The van der Waals surface area contributed by atoms with Gasteiger partial charge < -0.3 is 14.5 Å². The molecule has 0 radical (unpaired) electrons. The van der Waals surface area contributed by atoms with E-state index in [2.05, 4.69) is 15.3 Å². The number of carbonyl (C=O) groups excluding carboxylic acids is 1. The van der Waals surface area contributed by atoms with Gasteiger partial charge in [0.25, 0.3) is 5.91 Å². The predicted octanol–water partition coefficient (Wildman–Crippen LogP) is 6.48. The van der Waals surface area contributed by atoms with Crippen LogP contribution in [0.4, 0.5) is 5.69 Å². The largest absolute Gasteiger partial charge is 0.481 e. The molecule has 0 aliphatic heterocycles. The first-order valence-electron chi connectivity index (χ1n) is 9.22. The first-order valence-corrected chi connectivity index (χ1v) is 10.4. The standard InChI is InChI=1S/C22H16Cl3N3O3/c1-11-18(23)12(2)20(25)21(19(11)24)30-10-17(29)27-14-3-4-16-15(9-14)28-22(31-16)13-5-7-26-8-6-13/h3-9H,10H2,1-2H3,(H,27,29). The van der Waals surface area contributed by atoms with Crippen LogP contribution in [-0.2, 0) is 4.79 Å². The first kappa shape index (κ1) is 21.4. The molecule has 1 N–H and O–H groups in total. The van der Waals surface area contributed by atoms with Gasteiger partial charge in [-0.15, -0.1) is 0 Å². The van der Waals surface area contributed by atoms with Crippen molar-refractivity contribution < 1.29 is 13.9 Å². The summed E-state index contributed by atoms with van der Waals surface area (Å²) in [6, 6.07) is 8.79. The van der Waals surface area contributed by atoms with Crippen molar-refractivity contribution >= 4 is 57.5 Å². The molecule has 4 aromatic rings. The maximum absolute atomic E-state index is 12.4. The van der Waals surface area contributed by atoms with Gasteiger partial charge >= 0.3 is 0 Å². The molecule has 31 heavy (non-hydrogen) atoms. The van der Waals surface area contributed by atoms with Crippen molar-refractivity contribution in [3.05, 3.63) is 68.9 Å². The van der Waals surface area contributed by atoms with Crippen molar-refractivity contribution in [3.63, 3.8) is 0 Å². The Morgan fingerprint density at radius 1 is 1.03 bits per heavy atom. The van der Waals surface area contributed by atoms with E-state index in [0.717, 1.165) is 5.56 Å². The summed E-state index contributed by atoms with van der Waals surface area (Å²) >= 11 is 18.8. The smallest absolute Gasteiger partial charge is 0.262 e. The Hall–Kier alpha value is -2.80. The third-order valence-corrected chi connectivity index (χ3v) is 6.14. The molecule has 0 unspecified atom stereocenters. The second-order valence-corrected chi connectivity index (χ2v) is 7.93. The third kappa shape index (κ3) is 4.32. The van der Waals surface area contributed by atoms with Gasteiger partial charge in [-0.1, -0.05) is 34.8 Å². The van der Waals surface area contributed by atoms with Gasteiger partial charge in [-0.3, -0.25) is 9.78 Å². The molecule has 0 aliphatic carbocycles. The van der Waals surface area contributed by atoms with Crippen molar-refractivity contribution in [2.75, 3.05) is 11.9 Å². The van der Waals surface area contributed by atoms with Gasteiger partial charge in [0.05, 0.1) is 10.0 Å². The van der Waals surface area contributed by atoms with E-state index in [0.29, 0.717) is 38.8 Å². The van der Waals surface area contributed by atoms with Gasteiger partial charge in [0.2, 0.25) is 5.89 Å². The molecule has 158 valence electrons. The average Bonchev–Trinajstić information content (AvgIpc) is 3.20. The number of pyridine rings is 1. The van der Waals surface area contributed by atoms with Crippen molar-refractivity contribution in [1.82, 2.24) is 9.97 Å². The first-order chi connectivity index (χ1) is 14.8. The fraction of sp³-hybridized carbons (Fsp3) is 0.136. The summed E-state index contributed by atoms with van der Waals surface area (Å²) in [4.78, 5) is 20.9. The fourth-order valence-electron chi connectivity index (χ4n) is 3.00. The van der Waals surface area contributed by atoms with E-state index in [1.807, 2.05) is 0 Å². The fourth-order valence-corrected chi connectivity index (χ4v) is 3.82. The maximum Gasteiger partial charge on any atom is 0.262 e. The number of benzene rings is 2. The van der Waals surface area contributed by atoms with E-state index in [9.17, 15) is 4.79 Å². The van der Waals surface area contributed by atoms with Crippen LogP contribution < -0.4 is 10.1 Å². The van der Waals surface area contributed by atoms with Gasteiger partial charge in [-0.25, -0.2) is 4.98 Å². The van der Waals surface area contributed by atoms with Gasteiger partial charge in [-0.2, -0.15) is 0 Å². The van der Waals surface area contributed by atoms with Crippen molar-refractivity contribution in [2.45, 2.75) is 13.8 Å². The minimum absolute atomic E-state index is 0.229. The molecule has 0 atom stereocenters. The number of carbonyl (C=O) groups is 1. The van der Waals surface area contributed by atoms with E-state index in [-0.39, 0.29) is 28.3 Å². The molecule has 4 rings (SSSR count). The maximum atomic E-state index is 12.4. The summed E-state index contributed by atoms with van der Waals surface area (Å²) in [6.45, 7) is 3.24. The van der Waals surface area contributed by atoms with Crippen LogP contribution in [0.2, 0.25) is 15.1 Å². The Kier molecular flexibility index (Phi) is 6.05. The molecule has 0 spiro atoms. The number of amides is 1. The van der Waals surface area contributed by atoms with Crippen LogP contribution >= 0.6 is 34.8 Å². The Morgan fingerprint density at radius 3 is 2.39 bits per heavy atom. The number of hydrogen-bond donors (Lipinski definition) is 1. The number of anilines is 1. The molecule has 0 fully saturated rings. The zero-order chi connectivity index (χ0) is 22.1. The summed E-state index contributed by atoms with van der Waals surface area (Å²) in [5.41, 5.74) is 3.86. The zero-order valence-corrected chi connectivity index (χ0v) is 18.8.